The SMILES string of the molecule is COC(=O)C(O)CNC(=O)CCC1CCCCO1. The summed E-state index contributed by atoms with van der Waals surface area (Å²) in [5.41, 5.74) is 0. The standard InChI is InChI=1S/C12H21NO5/c1-17-12(16)10(14)8-13-11(15)6-5-9-4-2-3-7-18-9/h9-10,14H,2-8H2,1H3,(H,13,15). The van der Waals surface area contributed by atoms with Crippen molar-refractivity contribution < 1.29 is 24.2 Å². The molecule has 2 unspecified atom stereocenters. The molecule has 1 heterocycles. The summed E-state index contributed by atoms with van der Waals surface area (Å²) in [5.74, 6) is -0.932. The summed E-state index contributed by atoms with van der Waals surface area (Å²) < 4.78 is 9.85. The number of carbonyl (C=O) groups is 2. The van der Waals surface area contributed by atoms with E-state index in [-0.39, 0.29) is 18.6 Å². The van der Waals surface area contributed by atoms with E-state index in [0.29, 0.717) is 12.8 Å². The fourth-order valence-corrected chi connectivity index (χ4v) is 1.85. The molecule has 1 aliphatic heterocycles. The first-order chi connectivity index (χ1) is 8.63. The van der Waals surface area contributed by atoms with Crippen molar-refractivity contribution in [3.05, 3.63) is 0 Å². The second kappa shape index (κ2) is 8.05. The van der Waals surface area contributed by atoms with Gasteiger partial charge in [-0.25, -0.2) is 4.79 Å². The maximum absolute atomic E-state index is 11.5. The van der Waals surface area contributed by atoms with E-state index in [9.17, 15) is 14.7 Å². The van der Waals surface area contributed by atoms with Crippen molar-refractivity contribution in [3.8, 4) is 0 Å². The van der Waals surface area contributed by atoms with Crippen LogP contribution < -0.4 is 5.32 Å². The highest BCUT2D eigenvalue weighted by molar-refractivity contribution is 5.78. The summed E-state index contributed by atoms with van der Waals surface area (Å²) in [4.78, 5) is 22.4. The molecular weight excluding hydrogens is 238 g/mol. The Kier molecular flexibility index (Phi) is 6.67. The minimum Gasteiger partial charge on any atom is -0.467 e. The Hall–Kier alpha value is -1.14. The zero-order valence-electron chi connectivity index (χ0n) is 10.7. The second-order valence-corrected chi connectivity index (χ2v) is 4.37. The predicted molar refractivity (Wildman–Crippen MR) is 63.9 cm³/mol. The molecule has 0 aromatic rings. The van der Waals surface area contributed by atoms with Gasteiger partial charge in [-0.2, -0.15) is 0 Å². The van der Waals surface area contributed by atoms with Crippen LogP contribution in [0.25, 0.3) is 0 Å². The molecule has 0 bridgehead atoms. The van der Waals surface area contributed by atoms with Gasteiger partial charge in [0.05, 0.1) is 19.8 Å². The molecule has 0 spiro atoms. The van der Waals surface area contributed by atoms with E-state index in [2.05, 4.69) is 10.1 Å². The number of rotatable bonds is 6. The Bertz CT molecular complexity index is 276. The van der Waals surface area contributed by atoms with Gasteiger partial charge in [0.25, 0.3) is 0 Å². The van der Waals surface area contributed by atoms with Crippen molar-refractivity contribution >= 4 is 11.9 Å². The van der Waals surface area contributed by atoms with Gasteiger partial charge in [-0.3, -0.25) is 4.79 Å². The van der Waals surface area contributed by atoms with Crippen LogP contribution in [0.4, 0.5) is 0 Å². The van der Waals surface area contributed by atoms with E-state index < -0.39 is 12.1 Å². The van der Waals surface area contributed by atoms with Gasteiger partial charge in [-0.05, 0) is 25.7 Å². The Labute approximate surface area is 107 Å². The Morgan fingerprint density at radius 3 is 2.89 bits per heavy atom. The number of hydrogen-bond donors (Lipinski definition) is 2. The van der Waals surface area contributed by atoms with Crippen LogP contribution >= 0.6 is 0 Å². The molecule has 0 aliphatic carbocycles. The van der Waals surface area contributed by atoms with Gasteiger partial charge in [-0.15, -0.1) is 0 Å². The van der Waals surface area contributed by atoms with E-state index in [1.165, 1.54) is 7.11 Å². The molecule has 0 aromatic heterocycles. The molecule has 1 aliphatic rings. The van der Waals surface area contributed by atoms with Gasteiger partial charge in [0, 0.05) is 13.0 Å². The molecule has 0 radical (unpaired) electrons. The number of aliphatic hydroxyl groups is 1. The third-order valence-corrected chi connectivity index (χ3v) is 2.93. The molecule has 2 atom stereocenters. The fraction of sp³-hybridized carbons (Fsp3) is 0.833. The number of carbonyl (C=O) groups excluding carboxylic acids is 2. The monoisotopic (exact) mass is 259 g/mol. The average Bonchev–Trinajstić information content (AvgIpc) is 2.42. The van der Waals surface area contributed by atoms with Gasteiger partial charge in [0.15, 0.2) is 6.10 Å². The number of aliphatic hydroxyl groups excluding tert-OH is 1. The summed E-state index contributed by atoms with van der Waals surface area (Å²) in [6.07, 6.45) is 3.12. The summed E-state index contributed by atoms with van der Waals surface area (Å²) in [6, 6.07) is 0. The average molecular weight is 259 g/mol. The van der Waals surface area contributed by atoms with Crippen LogP contribution in [0.2, 0.25) is 0 Å². The normalized spacial score (nSPS) is 21.1. The van der Waals surface area contributed by atoms with Crippen molar-refractivity contribution in [3.63, 3.8) is 0 Å². The summed E-state index contributed by atoms with van der Waals surface area (Å²) in [6.45, 7) is 0.657. The Morgan fingerprint density at radius 1 is 1.50 bits per heavy atom. The third kappa shape index (κ3) is 5.46. The molecule has 1 saturated heterocycles. The van der Waals surface area contributed by atoms with Crippen molar-refractivity contribution in [1.29, 1.82) is 0 Å². The molecule has 2 N–H and O–H groups in total. The lowest BCUT2D eigenvalue weighted by Gasteiger charge is -2.22. The van der Waals surface area contributed by atoms with Crippen LogP contribution in [0, 0.1) is 0 Å². The molecule has 1 fully saturated rings. The quantitative estimate of drug-likeness (QED) is 0.655. The highest BCUT2D eigenvalue weighted by Crippen LogP contribution is 2.16. The number of methoxy groups -OCH3 is 1. The van der Waals surface area contributed by atoms with Gasteiger partial charge in [0.2, 0.25) is 5.91 Å². The van der Waals surface area contributed by atoms with Crippen LogP contribution in [0.15, 0.2) is 0 Å². The second-order valence-electron chi connectivity index (χ2n) is 4.37. The largest absolute Gasteiger partial charge is 0.467 e. The van der Waals surface area contributed by atoms with Gasteiger partial charge in [-0.1, -0.05) is 0 Å². The highest BCUT2D eigenvalue weighted by Gasteiger charge is 2.18. The number of hydrogen-bond acceptors (Lipinski definition) is 5. The minimum absolute atomic E-state index is 0.114. The van der Waals surface area contributed by atoms with Crippen LogP contribution in [0.1, 0.15) is 32.1 Å². The number of ether oxygens (including phenoxy) is 2. The van der Waals surface area contributed by atoms with E-state index in [0.717, 1.165) is 25.9 Å². The van der Waals surface area contributed by atoms with E-state index in [1.54, 1.807) is 0 Å². The zero-order valence-corrected chi connectivity index (χ0v) is 10.7. The van der Waals surface area contributed by atoms with Gasteiger partial charge in [0.1, 0.15) is 0 Å². The third-order valence-electron chi connectivity index (χ3n) is 2.93. The predicted octanol–water partition coefficient (Wildman–Crippen LogP) is -0.0142. The van der Waals surface area contributed by atoms with E-state index in [1.807, 2.05) is 0 Å². The van der Waals surface area contributed by atoms with E-state index >= 15 is 0 Å². The summed E-state index contributed by atoms with van der Waals surface area (Å²) >= 11 is 0. The van der Waals surface area contributed by atoms with Gasteiger partial charge >= 0.3 is 5.97 Å². The van der Waals surface area contributed by atoms with E-state index in [4.69, 9.17) is 4.74 Å². The van der Waals surface area contributed by atoms with Crippen LogP contribution in [0.3, 0.4) is 0 Å². The Morgan fingerprint density at radius 2 is 2.28 bits per heavy atom. The first-order valence-electron chi connectivity index (χ1n) is 6.27. The highest BCUT2D eigenvalue weighted by atomic mass is 16.5. The van der Waals surface area contributed by atoms with Crippen LogP contribution in [0.5, 0.6) is 0 Å². The van der Waals surface area contributed by atoms with Crippen LogP contribution in [-0.2, 0) is 19.1 Å². The lowest BCUT2D eigenvalue weighted by atomic mass is 10.0. The number of amides is 1. The lowest BCUT2D eigenvalue weighted by molar-refractivity contribution is -0.150. The smallest absolute Gasteiger partial charge is 0.336 e. The number of nitrogens with one attached hydrogen (secondary N) is 1. The maximum atomic E-state index is 11.5. The molecule has 0 aromatic carbocycles. The number of esters is 1. The zero-order chi connectivity index (χ0) is 13.4. The molecule has 18 heavy (non-hydrogen) atoms. The van der Waals surface area contributed by atoms with Crippen molar-refractivity contribution in [2.45, 2.75) is 44.3 Å². The molecule has 6 nitrogen and oxygen atoms in total. The van der Waals surface area contributed by atoms with Crippen molar-refractivity contribution in [2.75, 3.05) is 20.3 Å². The Balaban J connectivity index is 2.11. The first kappa shape index (κ1) is 14.9. The summed E-state index contributed by atoms with van der Waals surface area (Å²) in [5, 5.41) is 11.8. The first-order valence-corrected chi connectivity index (χ1v) is 6.27. The molecule has 104 valence electrons. The fourth-order valence-electron chi connectivity index (χ4n) is 1.85. The minimum atomic E-state index is -1.30. The van der Waals surface area contributed by atoms with Crippen molar-refractivity contribution in [1.82, 2.24) is 5.32 Å². The molecular formula is C12H21NO5. The lowest BCUT2D eigenvalue weighted by Crippen LogP contribution is -2.37. The molecule has 6 heteroatoms. The van der Waals surface area contributed by atoms with Crippen LogP contribution in [-0.4, -0.2) is 49.5 Å². The molecule has 1 rings (SSSR count). The van der Waals surface area contributed by atoms with Gasteiger partial charge < -0.3 is 19.9 Å². The maximum Gasteiger partial charge on any atom is 0.336 e. The topological polar surface area (TPSA) is 84.9 Å². The molecule has 0 saturated carbocycles. The van der Waals surface area contributed by atoms with Crippen molar-refractivity contribution in [2.24, 2.45) is 0 Å². The summed E-state index contributed by atoms with van der Waals surface area (Å²) in [7, 11) is 1.19. The molecule has 1 amide bonds.